The molecule has 0 saturated carbocycles. The van der Waals surface area contributed by atoms with Crippen LogP contribution in [-0.2, 0) is 22.4 Å². The van der Waals surface area contributed by atoms with Gasteiger partial charge in [-0.05, 0) is 87.4 Å². The molecule has 8 nitrogen and oxygen atoms in total. The number of anilines is 1. The highest BCUT2D eigenvalue weighted by molar-refractivity contribution is 7.17. The molecule has 2 aromatic heterocycles. The molecule has 0 saturated heterocycles. The van der Waals surface area contributed by atoms with E-state index in [0.29, 0.717) is 33.0 Å². The van der Waals surface area contributed by atoms with E-state index in [9.17, 15) is 14.4 Å². The van der Waals surface area contributed by atoms with Crippen molar-refractivity contribution in [3.63, 3.8) is 0 Å². The van der Waals surface area contributed by atoms with Crippen LogP contribution >= 0.6 is 11.3 Å². The monoisotopic (exact) mass is 547 g/mol. The van der Waals surface area contributed by atoms with Gasteiger partial charge in [-0.1, -0.05) is 6.07 Å². The number of nitrogens with one attached hydrogen (secondary N) is 1. The molecule has 202 valence electrons. The lowest BCUT2D eigenvalue weighted by Crippen LogP contribution is -2.21. The lowest BCUT2D eigenvalue weighted by molar-refractivity contribution is -0.118. The average Bonchev–Trinajstić information content (AvgIpc) is 3.26. The Labute approximate surface area is 229 Å². The normalized spacial score (nSPS) is 12.6. The van der Waals surface area contributed by atoms with Gasteiger partial charge in [0.25, 0.3) is 5.91 Å². The van der Waals surface area contributed by atoms with E-state index < -0.39 is 11.9 Å². The van der Waals surface area contributed by atoms with Crippen LogP contribution in [0.3, 0.4) is 0 Å². The topological polar surface area (TPSA) is 104 Å². The highest BCUT2D eigenvalue weighted by Crippen LogP contribution is 2.38. The summed E-state index contributed by atoms with van der Waals surface area (Å²) in [6, 6.07) is 10.4. The number of hydrogen-bond donors (Lipinski definition) is 1. The number of carbonyl (C=O) groups excluding carboxylic acids is 2. The van der Waals surface area contributed by atoms with Gasteiger partial charge in [0.1, 0.15) is 28.3 Å². The van der Waals surface area contributed by atoms with Crippen molar-refractivity contribution in [2.75, 3.05) is 18.5 Å². The quantitative estimate of drug-likeness (QED) is 0.257. The SMILES string of the molecule is CCOC(=O)c1c(NC(=O)COc2ccc3c(=O)c(Oc4cc(C)cc(C)c4)coc3c2)sc2c1CCCC2. The molecule has 0 radical (unpaired) electrons. The Morgan fingerprint density at radius 2 is 1.79 bits per heavy atom. The molecule has 0 unspecified atom stereocenters. The number of esters is 1. The van der Waals surface area contributed by atoms with Crippen LogP contribution in [0.2, 0.25) is 0 Å². The van der Waals surface area contributed by atoms with Crippen LogP contribution in [0.15, 0.2) is 51.9 Å². The van der Waals surface area contributed by atoms with Crippen molar-refractivity contribution in [1.29, 1.82) is 0 Å². The van der Waals surface area contributed by atoms with Crippen molar-refractivity contribution in [1.82, 2.24) is 0 Å². The zero-order valence-electron chi connectivity index (χ0n) is 22.1. The van der Waals surface area contributed by atoms with E-state index in [1.54, 1.807) is 25.1 Å². The highest BCUT2D eigenvalue weighted by Gasteiger charge is 2.27. The second kappa shape index (κ2) is 11.3. The molecule has 2 heterocycles. The van der Waals surface area contributed by atoms with Gasteiger partial charge in [0.15, 0.2) is 6.61 Å². The molecule has 0 aliphatic heterocycles. The minimum Gasteiger partial charge on any atom is -0.484 e. The lowest BCUT2D eigenvalue weighted by atomic mass is 9.95. The summed E-state index contributed by atoms with van der Waals surface area (Å²) in [6.45, 7) is 5.65. The fourth-order valence-corrected chi connectivity index (χ4v) is 6.05. The van der Waals surface area contributed by atoms with E-state index >= 15 is 0 Å². The summed E-state index contributed by atoms with van der Waals surface area (Å²) in [5.41, 5.74) is 3.48. The van der Waals surface area contributed by atoms with Gasteiger partial charge in [0.05, 0.1) is 17.6 Å². The molecule has 1 amide bonds. The fraction of sp³-hybridized carbons (Fsp3) is 0.300. The van der Waals surface area contributed by atoms with Gasteiger partial charge in [-0.25, -0.2) is 4.79 Å². The van der Waals surface area contributed by atoms with Crippen LogP contribution in [0.25, 0.3) is 11.0 Å². The third-order valence-corrected chi connectivity index (χ3v) is 7.62. The van der Waals surface area contributed by atoms with Gasteiger partial charge in [0, 0.05) is 10.9 Å². The summed E-state index contributed by atoms with van der Waals surface area (Å²) in [6.07, 6.45) is 5.02. The molecule has 4 aromatic rings. The number of benzene rings is 2. The standard InChI is InChI=1S/C30H29NO7S/c1-4-35-30(34)27-22-7-5-6-8-25(22)39-29(27)31-26(32)16-36-19-9-10-21-23(14-19)37-15-24(28(21)33)38-20-12-17(2)11-18(3)13-20/h9-15H,4-8,16H2,1-3H3,(H,31,32). The van der Waals surface area contributed by atoms with Gasteiger partial charge >= 0.3 is 5.97 Å². The molecular formula is C30H29NO7S. The van der Waals surface area contributed by atoms with Crippen LogP contribution in [0, 0.1) is 13.8 Å². The molecule has 2 aromatic carbocycles. The second-order valence-electron chi connectivity index (χ2n) is 9.48. The Morgan fingerprint density at radius 3 is 2.56 bits per heavy atom. The molecule has 1 aliphatic rings. The number of ether oxygens (including phenoxy) is 3. The minimum absolute atomic E-state index is 0.0802. The van der Waals surface area contributed by atoms with Crippen LogP contribution in [-0.4, -0.2) is 25.1 Å². The van der Waals surface area contributed by atoms with Crippen molar-refractivity contribution in [3.8, 4) is 17.2 Å². The van der Waals surface area contributed by atoms with Crippen LogP contribution in [0.1, 0.15) is 51.7 Å². The fourth-order valence-electron chi connectivity index (χ4n) is 4.75. The average molecular weight is 548 g/mol. The van der Waals surface area contributed by atoms with Crippen molar-refractivity contribution in [2.24, 2.45) is 0 Å². The zero-order valence-corrected chi connectivity index (χ0v) is 22.9. The zero-order chi connectivity index (χ0) is 27.5. The maximum Gasteiger partial charge on any atom is 0.341 e. The predicted octanol–water partition coefficient (Wildman–Crippen LogP) is 6.34. The number of fused-ring (bicyclic) bond motifs is 2. The third-order valence-electron chi connectivity index (χ3n) is 6.41. The van der Waals surface area contributed by atoms with Crippen molar-refractivity contribution in [3.05, 3.63) is 80.0 Å². The number of hydrogen-bond acceptors (Lipinski definition) is 8. The number of aryl methyl sites for hydroxylation is 3. The maximum absolute atomic E-state index is 13.0. The van der Waals surface area contributed by atoms with Crippen molar-refractivity contribution < 1.29 is 28.2 Å². The first kappa shape index (κ1) is 26.5. The first-order chi connectivity index (χ1) is 18.8. The molecule has 5 rings (SSSR count). The molecule has 0 spiro atoms. The van der Waals surface area contributed by atoms with Crippen molar-refractivity contribution >= 4 is 39.2 Å². The van der Waals surface area contributed by atoms with E-state index in [1.807, 2.05) is 32.0 Å². The highest BCUT2D eigenvalue weighted by atomic mass is 32.1. The Bertz CT molecular complexity index is 1600. The number of thiophene rings is 1. The van der Waals surface area contributed by atoms with E-state index in [0.717, 1.165) is 47.3 Å². The van der Waals surface area contributed by atoms with Crippen LogP contribution < -0.4 is 20.2 Å². The summed E-state index contributed by atoms with van der Waals surface area (Å²) < 4.78 is 22.4. The van der Waals surface area contributed by atoms with Crippen LogP contribution in [0.5, 0.6) is 17.2 Å². The third kappa shape index (κ3) is 5.83. The maximum atomic E-state index is 13.0. The minimum atomic E-state index is -0.418. The second-order valence-corrected chi connectivity index (χ2v) is 10.6. The van der Waals surface area contributed by atoms with E-state index in [-0.39, 0.29) is 24.4 Å². The molecular weight excluding hydrogens is 518 g/mol. The molecule has 0 atom stereocenters. The van der Waals surface area contributed by atoms with E-state index in [4.69, 9.17) is 18.6 Å². The molecule has 1 N–H and O–H groups in total. The first-order valence-electron chi connectivity index (χ1n) is 12.9. The summed E-state index contributed by atoms with van der Waals surface area (Å²) >= 11 is 1.42. The van der Waals surface area contributed by atoms with Crippen LogP contribution in [0.4, 0.5) is 5.00 Å². The summed E-state index contributed by atoms with van der Waals surface area (Å²) in [4.78, 5) is 39.5. The first-order valence-corrected chi connectivity index (χ1v) is 13.7. The molecule has 9 heteroatoms. The Kier molecular flexibility index (Phi) is 7.70. The molecule has 0 bridgehead atoms. The van der Waals surface area contributed by atoms with Gasteiger partial charge < -0.3 is 23.9 Å². The number of rotatable bonds is 8. The van der Waals surface area contributed by atoms with E-state index in [1.165, 1.54) is 17.6 Å². The number of amides is 1. The van der Waals surface area contributed by atoms with Crippen molar-refractivity contribution in [2.45, 2.75) is 46.5 Å². The van der Waals surface area contributed by atoms with E-state index in [2.05, 4.69) is 5.32 Å². The van der Waals surface area contributed by atoms with Gasteiger partial charge in [0.2, 0.25) is 11.2 Å². The predicted molar refractivity (Wildman–Crippen MR) is 150 cm³/mol. The smallest absolute Gasteiger partial charge is 0.341 e. The van der Waals surface area contributed by atoms with Gasteiger partial charge in [-0.2, -0.15) is 0 Å². The molecule has 1 aliphatic carbocycles. The Balaban J connectivity index is 1.28. The Morgan fingerprint density at radius 1 is 1.03 bits per heavy atom. The summed E-state index contributed by atoms with van der Waals surface area (Å²) in [5.74, 6) is 0.177. The van der Waals surface area contributed by atoms with Gasteiger partial charge in [-0.3, -0.25) is 9.59 Å². The molecule has 39 heavy (non-hydrogen) atoms. The Hall–Kier alpha value is -4.11. The lowest BCUT2D eigenvalue weighted by Gasteiger charge is -2.12. The summed E-state index contributed by atoms with van der Waals surface area (Å²) in [5, 5.41) is 3.65. The van der Waals surface area contributed by atoms with Gasteiger partial charge in [-0.15, -0.1) is 11.3 Å². The molecule has 0 fully saturated rings. The largest absolute Gasteiger partial charge is 0.484 e. The summed E-state index contributed by atoms with van der Waals surface area (Å²) in [7, 11) is 0. The number of carbonyl (C=O) groups is 2.